The van der Waals surface area contributed by atoms with Crippen LogP contribution in [-0.4, -0.2) is 16.3 Å². The van der Waals surface area contributed by atoms with Gasteiger partial charge in [-0.1, -0.05) is 18.2 Å². The summed E-state index contributed by atoms with van der Waals surface area (Å²) < 4.78 is 0. The van der Waals surface area contributed by atoms with Crippen molar-refractivity contribution in [2.45, 2.75) is 24.8 Å². The van der Waals surface area contributed by atoms with Crippen molar-refractivity contribution in [2.24, 2.45) is 5.92 Å². The molecule has 0 fully saturated rings. The van der Waals surface area contributed by atoms with Gasteiger partial charge in [0.25, 0.3) is 0 Å². The van der Waals surface area contributed by atoms with E-state index in [2.05, 4.69) is 0 Å². The first-order valence-corrected chi connectivity index (χ1v) is 4.67. The average Bonchev–Trinajstić information content (AvgIpc) is 2.08. The number of nitro groups is 1. The standard InChI is InChI=1S/C9H12ClNO2/c1-2-4-7-8(10)5-3-6-9(7)11(12)13/h2-4,6-9H,5H2,1H3/b4-2-/t7?,8?,9-/m1/s1. The normalized spacial score (nSPS) is 33.8. The largest absolute Gasteiger partial charge is 0.264 e. The first-order chi connectivity index (χ1) is 6.16. The van der Waals surface area contributed by atoms with Gasteiger partial charge in [0.1, 0.15) is 0 Å². The zero-order valence-electron chi connectivity index (χ0n) is 7.39. The van der Waals surface area contributed by atoms with Crippen LogP contribution in [0.4, 0.5) is 0 Å². The molecule has 0 radical (unpaired) electrons. The van der Waals surface area contributed by atoms with E-state index in [1.54, 1.807) is 12.2 Å². The highest BCUT2D eigenvalue weighted by atomic mass is 35.5. The number of hydrogen-bond acceptors (Lipinski definition) is 2. The van der Waals surface area contributed by atoms with Crippen LogP contribution in [-0.2, 0) is 0 Å². The van der Waals surface area contributed by atoms with Gasteiger partial charge in [-0.3, -0.25) is 10.1 Å². The second-order valence-corrected chi connectivity index (χ2v) is 3.62. The van der Waals surface area contributed by atoms with Crippen molar-refractivity contribution in [3.05, 3.63) is 34.4 Å². The number of nitrogens with zero attached hydrogens (tertiary/aromatic N) is 1. The Morgan fingerprint density at radius 3 is 2.92 bits per heavy atom. The molecule has 0 aromatic rings. The van der Waals surface area contributed by atoms with Gasteiger partial charge < -0.3 is 0 Å². The lowest BCUT2D eigenvalue weighted by molar-refractivity contribution is -0.516. The molecule has 0 N–H and O–H groups in total. The minimum absolute atomic E-state index is 0.156. The summed E-state index contributed by atoms with van der Waals surface area (Å²) in [6.07, 6.45) is 7.75. The van der Waals surface area contributed by atoms with Crippen LogP contribution in [0.5, 0.6) is 0 Å². The molecule has 1 rings (SSSR count). The van der Waals surface area contributed by atoms with E-state index in [0.717, 1.165) is 0 Å². The molecule has 0 aromatic heterocycles. The molecule has 0 saturated carbocycles. The molecular formula is C9H12ClNO2. The second kappa shape index (κ2) is 4.42. The Hall–Kier alpha value is -0.830. The van der Waals surface area contributed by atoms with Crippen molar-refractivity contribution < 1.29 is 4.92 Å². The molecular weight excluding hydrogens is 190 g/mol. The smallest absolute Gasteiger partial charge is 0.238 e. The van der Waals surface area contributed by atoms with Crippen LogP contribution in [0, 0.1) is 16.0 Å². The molecule has 1 aliphatic carbocycles. The summed E-state index contributed by atoms with van der Waals surface area (Å²) in [6.45, 7) is 1.85. The summed E-state index contributed by atoms with van der Waals surface area (Å²) in [5.41, 5.74) is 0. The summed E-state index contributed by atoms with van der Waals surface area (Å²) >= 11 is 5.99. The first kappa shape index (κ1) is 10.3. The van der Waals surface area contributed by atoms with E-state index in [1.807, 2.05) is 19.1 Å². The number of rotatable bonds is 2. The summed E-state index contributed by atoms with van der Waals surface area (Å²) in [5.74, 6) is -0.174. The van der Waals surface area contributed by atoms with Crippen LogP contribution in [0.3, 0.4) is 0 Å². The van der Waals surface area contributed by atoms with E-state index < -0.39 is 6.04 Å². The van der Waals surface area contributed by atoms with Gasteiger partial charge in [0.15, 0.2) is 0 Å². The van der Waals surface area contributed by atoms with E-state index in [-0.39, 0.29) is 16.2 Å². The Balaban J connectivity index is 2.84. The molecule has 13 heavy (non-hydrogen) atoms. The van der Waals surface area contributed by atoms with E-state index in [1.165, 1.54) is 0 Å². The van der Waals surface area contributed by atoms with Gasteiger partial charge >= 0.3 is 0 Å². The van der Waals surface area contributed by atoms with E-state index >= 15 is 0 Å². The highest BCUT2D eigenvalue weighted by Crippen LogP contribution is 2.27. The lowest BCUT2D eigenvalue weighted by Crippen LogP contribution is -2.34. The third-order valence-electron chi connectivity index (χ3n) is 2.16. The zero-order valence-corrected chi connectivity index (χ0v) is 8.15. The summed E-state index contributed by atoms with van der Waals surface area (Å²) in [5, 5.41) is 10.5. The summed E-state index contributed by atoms with van der Waals surface area (Å²) in [4.78, 5) is 10.4. The predicted molar refractivity (Wildman–Crippen MR) is 52.5 cm³/mol. The Labute approximate surface area is 82.2 Å². The summed E-state index contributed by atoms with van der Waals surface area (Å²) in [6, 6.07) is -0.660. The van der Waals surface area contributed by atoms with Gasteiger partial charge in [-0.2, -0.15) is 0 Å². The number of alkyl halides is 1. The molecule has 0 saturated heterocycles. The first-order valence-electron chi connectivity index (χ1n) is 4.24. The minimum Gasteiger partial charge on any atom is -0.264 e. The Kier molecular flexibility index (Phi) is 3.48. The third-order valence-corrected chi connectivity index (χ3v) is 2.63. The highest BCUT2D eigenvalue weighted by molar-refractivity contribution is 6.21. The summed E-state index contributed by atoms with van der Waals surface area (Å²) in [7, 11) is 0. The van der Waals surface area contributed by atoms with E-state index in [0.29, 0.717) is 6.42 Å². The van der Waals surface area contributed by atoms with Gasteiger partial charge in [-0.05, 0) is 19.4 Å². The van der Waals surface area contributed by atoms with E-state index in [4.69, 9.17) is 11.6 Å². The fourth-order valence-electron chi connectivity index (χ4n) is 1.51. The SMILES string of the molecule is C/C=C\C1C(Cl)CC=C[C@H]1[N+](=O)[O-]. The van der Waals surface area contributed by atoms with Gasteiger partial charge in [-0.25, -0.2) is 0 Å². The van der Waals surface area contributed by atoms with Gasteiger partial charge in [0.05, 0.1) is 11.3 Å². The molecule has 0 heterocycles. The topological polar surface area (TPSA) is 43.1 Å². The molecule has 3 atom stereocenters. The van der Waals surface area contributed by atoms with Crippen LogP contribution in [0.1, 0.15) is 13.3 Å². The maximum absolute atomic E-state index is 10.6. The molecule has 72 valence electrons. The van der Waals surface area contributed by atoms with Gasteiger partial charge in [0, 0.05) is 4.92 Å². The third kappa shape index (κ3) is 2.31. The molecule has 0 bridgehead atoms. The van der Waals surface area contributed by atoms with Crippen LogP contribution in [0.25, 0.3) is 0 Å². The van der Waals surface area contributed by atoms with Crippen LogP contribution < -0.4 is 0 Å². The Bertz CT molecular complexity index is 250. The van der Waals surface area contributed by atoms with Crippen molar-refractivity contribution in [2.75, 3.05) is 0 Å². The van der Waals surface area contributed by atoms with Crippen LogP contribution in [0.2, 0.25) is 0 Å². The second-order valence-electron chi connectivity index (χ2n) is 3.06. The van der Waals surface area contributed by atoms with Crippen LogP contribution in [0.15, 0.2) is 24.3 Å². The number of hydrogen-bond donors (Lipinski definition) is 0. The fraction of sp³-hybridized carbons (Fsp3) is 0.556. The number of halogens is 1. The Morgan fingerprint density at radius 1 is 1.69 bits per heavy atom. The molecule has 1 aliphatic rings. The monoisotopic (exact) mass is 201 g/mol. The van der Waals surface area contributed by atoms with Crippen LogP contribution >= 0.6 is 11.6 Å². The quantitative estimate of drug-likeness (QED) is 0.298. The maximum Gasteiger partial charge on any atom is 0.238 e. The van der Waals surface area contributed by atoms with Crippen molar-refractivity contribution >= 4 is 11.6 Å². The molecule has 4 heteroatoms. The highest BCUT2D eigenvalue weighted by Gasteiger charge is 2.34. The lowest BCUT2D eigenvalue weighted by atomic mass is 9.89. The van der Waals surface area contributed by atoms with Crippen molar-refractivity contribution in [3.63, 3.8) is 0 Å². The van der Waals surface area contributed by atoms with Crippen molar-refractivity contribution in [1.29, 1.82) is 0 Å². The zero-order chi connectivity index (χ0) is 9.84. The van der Waals surface area contributed by atoms with E-state index in [9.17, 15) is 10.1 Å². The van der Waals surface area contributed by atoms with Gasteiger partial charge in [0.2, 0.25) is 6.04 Å². The Morgan fingerprint density at radius 2 is 2.38 bits per heavy atom. The van der Waals surface area contributed by atoms with Gasteiger partial charge in [-0.15, -0.1) is 11.6 Å². The molecule has 0 aliphatic heterocycles. The molecule has 0 aromatic carbocycles. The molecule has 3 nitrogen and oxygen atoms in total. The minimum atomic E-state index is -0.660. The maximum atomic E-state index is 10.6. The fourth-order valence-corrected chi connectivity index (χ4v) is 1.85. The average molecular weight is 202 g/mol. The lowest BCUT2D eigenvalue weighted by Gasteiger charge is -2.23. The molecule has 0 spiro atoms. The number of allylic oxidation sites excluding steroid dienone is 2. The molecule has 2 unspecified atom stereocenters. The van der Waals surface area contributed by atoms with Crippen molar-refractivity contribution in [3.8, 4) is 0 Å². The van der Waals surface area contributed by atoms with Crippen molar-refractivity contribution in [1.82, 2.24) is 0 Å². The predicted octanol–water partition coefficient (Wildman–Crippen LogP) is 2.39. The molecule has 0 amide bonds.